The van der Waals surface area contributed by atoms with Crippen LogP contribution in [-0.4, -0.2) is 4.90 Å². The highest BCUT2D eigenvalue weighted by atomic mass is 35.5. The van der Waals surface area contributed by atoms with Gasteiger partial charge < -0.3 is 0 Å². The average molecular weight is 356 g/mol. The summed E-state index contributed by atoms with van der Waals surface area (Å²) in [5.41, 5.74) is 3.81. The minimum Gasteiger partial charge on any atom is -0.291 e. The van der Waals surface area contributed by atoms with Crippen LogP contribution in [0.3, 0.4) is 0 Å². The summed E-state index contributed by atoms with van der Waals surface area (Å²) in [6.07, 6.45) is 0. The molecule has 0 aromatic heterocycles. The molecule has 0 fully saturated rings. The summed E-state index contributed by atoms with van der Waals surface area (Å²) in [5.74, 6) is 0. The summed E-state index contributed by atoms with van der Waals surface area (Å²) in [5, 5.41) is 1.54. The second-order valence-electron chi connectivity index (χ2n) is 5.88. The van der Waals surface area contributed by atoms with Crippen molar-refractivity contribution in [2.75, 3.05) is 0 Å². The van der Waals surface area contributed by atoms with E-state index in [1.54, 1.807) is 0 Å². The molecule has 0 atom stereocenters. The molecule has 0 spiro atoms. The van der Waals surface area contributed by atoms with Crippen LogP contribution in [0.2, 0.25) is 10.0 Å². The van der Waals surface area contributed by atoms with Gasteiger partial charge in [-0.2, -0.15) is 0 Å². The molecule has 0 unspecified atom stereocenters. The minimum atomic E-state index is 0.770. The first kappa shape index (κ1) is 17.0. The molecule has 122 valence electrons. The van der Waals surface area contributed by atoms with Gasteiger partial charge in [-0.3, -0.25) is 4.90 Å². The Balaban J connectivity index is 1.76. The molecule has 3 aromatic rings. The SMILES string of the molecule is Clc1ccc(CN(Cc2ccccc2)Cc2ccc(Cl)cc2)cc1. The van der Waals surface area contributed by atoms with Crippen molar-refractivity contribution in [2.45, 2.75) is 19.6 Å². The average Bonchev–Trinajstić information content (AvgIpc) is 2.60. The van der Waals surface area contributed by atoms with E-state index in [-0.39, 0.29) is 0 Å². The maximum atomic E-state index is 6.00. The molecule has 0 saturated carbocycles. The van der Waals surface area contributed by atoms with Crippen LogP contribution < -0.4 is 0 Å². The van der Waals surface area contributed by atoms with Crippen LogP contribution in [-0.2, 0) is 19.6 Å². The van der Waals surface area contributed by atoms with Gasteiger partial charge in [0.15, 0.2) is 0 Å². The van der Waals surface area contributed by atoms with E-state index in [1.165, 1.54) is 16.7 Å². The summed E-state index contributed by atoms with van der Waals surface area (Å²) >= 11 is 12.0. The number of halogens is 2. The van der Waals surface area contributed by atoms with Gasteiger partial charge in [0.25, 0.3) is 0 Å². The zero-order valence-electron chi connectivity index (χ0n) is 13.3. The molecular formula is C21H19Cl2N. The van der Waals surface area contributed by atoms with E-state index in [2.05, 4.69) is 53.4 Å². The third kappa shape index (κ3) is 5.10. The van der Waals surface area contributed by atoms with Crippen LogP contribution in [0.25, 0.3) is 0 Å². The molecule has 0 saturated heterocycles. The second-order valence-corrected chi connectivity index (χ2v) is 6.76. The molecule has 24 heavy (non-hydrogen) atoms. The van der Waals surface area contributed by atoms with Crippen LogP contribution in [0.4, 0.5) is 0 Å². The first-order valence-electron chi connectivity index (χ1n) is 7.94. The lowest BCUT2D eigenvalue weighted by Gasteiger charge is -2.23. The Morgan fingerprint density at radius 1 is 0.500 bits per heavy atom. The fraction of sp³-hybridized carbons (Fsp3) is 0.143. The van der Waals surface area contributed by atoms with Crippen molar-refractivity contribution in [3.8, 4) is 0 Å². The van der Waals surface area contributed by atoms with E-state index in [9.17, 15) is 0 Å². The Morgan fingerprint density at radius 3 is 1.29 bits per heavy atom. The molecule has 0 aliphatic heterocycles. The van der Waals surface area contributed by atoms with Crippen molar-refractivity contribution in [1.82, 2.24) is 4.90 Å². The normalized spacial score (nSPS) is 11.0. The Bertz CT molecular complexity index is 705. The molecule has 3 rings (SSSR count). The van der Waals surface area contributed by atoms with Crippen molar-refractivity contribution in [1.29, 1.82) is 0 Å². The van der Waals surface area contributed by atoms with Gasteiger partial charge in [-0.1, -0.05) is 77.8 Å². The van der Waals surface area contributed by atoms with E-state index < -0.39 is 0 Å². The second kappa shape index (κ2) is 8.34. The van der Waals surface area contributed by atoms with Gasteiger partial charge in [-0.05, 0) is 41.0 Å². The van der Waals surface area contributed by atoms with Crippen LogP contribution in [0, 0.1) is 0 Å². The highest BCUT2D eigenvalue weighted by Gasteiger charge is 2.08. The summed E-state index contributed by atoms with van der Waals surface area (Å²) in [6, 6.07) is 26.7. The smallest absolute Gasteiger partial charge is 0.0406 e. The third-order valence-electron chi connectivity index (χ3n) is 3.89. The van der Waals surface area contributed by atoms with Crippen LogP contribution in [0.15, 0.2) is 78.9 Å². The van der Waals surface area contributed by atoms with Gasteiger partial charge in [-0.15, -0.1) is 0 Å². The third-order valence-corrected chi connectivity index (χ3v) is 4.39. The van der Waals surface area contributed by atoms with E-state index in [0.29, 0.717) is 0 Å². The first-order chi connectivity index (χ1) is 11.7. The van der Waals surface area contributed by atoms with Gasteiger partial charge in [0, 0.05) is 29.7 Å². The molecule has 1 nitrogen and oxygen atoms in total. The molecule has 3 heteroatoms. The van der Waals surface area contributed by atoms with Gasteiger partial charge in [-0.25, -0.2) is 0 Å². The maximum Gasteiger partial charge on any atom is 0.0406 e. The lowest BCUT2D eigenvalue weighted by molar-refractivity contribution is 0.248. The molecule has 0 bridgehead atoms. The monoisotopic (exact) mass is 355 g/mol. The summed E-state index contributed by atoms with van der Waals surface area (Å²) in [6.45, 7) is 2.63. The number of hydrogen-bond acceptors (Lipinski definition) is 1. The molecule has 0 radical (unpaired) electrons. The lowest BCUT2D eigenvalue weighted by atomic mass is 10.1. The summed E-state index contributed by atoms with van der Waals surface area (Å²) in [4.78, 5) is 2.42. The van der Waals surface area contributed by atoms with Crippen molar-refractivity contribution < 1.29 is 0 Å². The fourth-order valence-corrected chi connectivity index (χ4v) is 2.96. The highest BCUT2D eigenvalue weighted by molar-refractivity contribution is 6.30. The van der Waals surface area contributed by atoms with E-state index in [4.69, 9.17) is 23.2 Å². The van der Waals surface area contributed by atoms with Crippen LogP contribution >= 0.6 is 23.2 Å². The minimum absolute atomic E-state index is 0.770. The van der Waals surface area contributed by atoms with E-state index in [0.717, 1.165) is 29.7 Å². The highest BCUT2D eigenvalue weighted by Crippen LogP contribution is 2.17. The zero-order chi connectivity index (χ0) is 16.8. The largest absolute Gasteiger partial charge is 0.291 e. The molecule has 3 aromatic carbocycles. The predicted molar refractivity (Wildman–Crippen MR) is 102 cm³/mol. The van der Waals surface area contributed by atoms with Crippen LogP contribution in [0.5, 0.6) is 0 Å². The Labute approximate surface area is 153 Å². The van der Waals surface area contributed by atoms with Crippen molar-refractivity contribution >= 4 is 23.2 Å². The maximum absolute atomic E-state index is 6.00. The van der Waals surface area contributed by atoms with Crippen molar-refractivity contribution in [2.24, 2.45) is 0 Å². The van der Waals surface area contributed by atoms with Crippen LogP contribution in [0.1, 0.15) is 16.7 Å². The lowest BCUT2D eigenvalue weighted by Crippen LogP contribution is -2.22. The number of benzene rings is 3. The Hall–Kier alpha value is -1.80. The van der Waals surface area contributed by atoms with E-state index in [1.807, 2.05) is 30.3 Å². The van der Waals surface area contributed by atoms with Gasteiger partial charge in [0.05, 0.1) is 0 Å². The number of rotatable bonds is 6. The molecule has 0 aliphatic carbocycles. The summed E-state index contributed by atoms with van der Waals surface area (Å²) in [7, 11) is 0. The Kier molecular flexibility index (Phi) is 5.92. The Morgan fingerprint density at radius 2 is 0.875 bits per heavy atom. The molecule has 0 aliphatic rings. The van der Waals surface area contributed by atoms with Crippen molar-refractivity contribution in [3.63, 3.8) is 0 Å². The van der Waals surface area contributed by atoms with Crippen molar-refractivity contribution in [3.05, 3.63) is 106 Å². The quantitative estimate of drug-likeness (QED) is 0.509. The molecule has 0 N–H and O–H groups in total. The van der Waals surface area contributed by atoms with E-state index >= 15 is 0 Å². The number of hydrogen-bond donors (Lipinski definition) is 0. The molecular weight excluding hydrogens is 337 g/mol. The van der Waals surface area contributed by atoms with Gasteiger partial charge >= 0.3 is 0 Å². The predicted octanol–water partition coefficient (Wildman–Crippen LogP) is 6.20. The standard InChI is InChI=1S/C21H19Cl2N/c22-20-10-6-18(7-11-20)15-24(14-17-4-2-1-3-5-17)16-19-8-12-21(23)13-9-19/h1-13H,14-16H2. The van der Waals surface area contributed by atoms with Gasteiger partial charge in [0.1, 0.15) is 0 Å². The first-order valence-corrected chi connectivity index (χ1v) is 8.70. The molecule has 0 amide bonds. The summed E-state index contributed by atoms with van der Waals surface area (Å²) < 4.78 is 0. The topological polar surface area (TPSA) is 3.24 Å². The zero-order valence-corrected chi connectivity index (χ0v) is 14.8. The number of nitrogens with zero attached hydrogens (tertiary/aromatic N) is 1. The molecule has 0 heterocycles. The fourth-order valence-electron chi connectivity index (χ4n) is 2.71. The van der Waals surface area contributed by atoms with Gasteiger partial charge in [0.2, 0.25) is 0 Å².